The molecule has 0 heterocycles. The third-order valence-electron chi connectivity index (χ3n) is 4.34. The van der Waals surface area contributed by atoms with E-state index in [2.05, 4.69) is 17.2 Å². The van der Waals surface area contributed by atoms with Gasteiger partial charge in [0.15, 0.2) is 0 Å². The molecule has 2 amide bonds. The van der Waals surface area contributed by atoms with Crippen molar-refractivity contribution in [2.45, 2.75) is 64.8 Å². The van der Waals surface area contributed by atoms with Gasteiger partial charge in [-0.1, -0.05) is 18.2 Å². The van der Waals surface area contributed by atoms with E-state index >= 15 is 0 Å². The Hall–Kier alpha value is -3.89. The van der Waals surface area contributed by atoms with Gasteiger partial charge in [0, 0.05) is 5.56 Å². The summed E-state index contributed by atoms with van der Waals surface area (Å²) in [6.45, 7) is 13.4. The van der Waals surface area contributed by atoms with Crippen LogP contribution in [0.4, 0.5) is 27.2 Å². The summed E-state index contributed by atoms with van der Waals surface area (Å²) in [7, 11) is 0. The molecule has 0 aliphatic carbocycles. The molecule has 0 unspecified atom stereocenters. The van der Waals surface area contributed by atoms with Crippen molar-refractivity contribution in [1.29, 1.82) is 0 Å². The van der Waals surface area contributed by atoms with Crippen LogP contribution in [-0.2, 0) is 14.3 Å². The van der Waals surface area contributed by atoms with Crippen LogP contribution in [0.25, 0.3) is 0 Å². The Labute approximate surface area is 219 Å². The van der Waals surface area contributed by atoms with E-state index in [1.54, 1.807) is 41.5 Å². The first-order valence-electron chi connectivity index (χ1n) is 11.4. The Morgan fingerprint density at radius 3 is 1.34 bits per heavy atom. The van der Waals surface area contributed by atoms with E-state index in [4.69, 9.17) is 9.47 Å². The number of carbonyl (C=O) groups is 3. The minimum Gasteiger partial charge on any atom is -0.444 e. The molecule has 2 aromatic carbocycles. The molecule has 2 rings (SSSR count). The number of nitrogens with one attached hydrogen (secondary N) is 2. The van der Waals surface area contributed by atoms with Crippen molar-refractivity contribution in [2.75, 3.05) is 0 Å². The van der Waals surface area contributed by atoms with E-state index in [1.807, 2.05) is 0 Å². The van der Waals surface area contributed by atoms with Gasteiger partial charge in [-0.25, -0.2) is 27.2 Å². The Kier molecular flexibility index (Phi) is 11.5. The summed E-state index contributed by atoms with van der Waals surface area (Å²) in [5, 5.41) is 4.47. The second-order valence-electron chi connectivity index (χ2n) is 9.89. The number of halogens is 4. The first-order valence-corrected chi connectivity index (χ1v) is 11.4. The molecule has 0 aromatic heterocycles. The molecule has 0 radical (unpaired) electrons. The molecule has 2 N–H and O–H groups in total. The summed E-state index contributed by atoms with van der Waals surface area (Å²) in [6.07, 6.45) is -0.205. The molecule has 0 aliphatic rings. The van der Waals surface area contributed by atoms with Crippen molar-refractivity contribution < 1.29 is 41.4 Å². The average Bonchev–Trinajstić information content (AvgIpc) is 2.75. The number of rotatable bonds is 6. The van der Waals surface area contributed by atoms with Crippen molar-refractivity contribution >= 4 is 18.5 Å². The number of amides is 2. The van der Waals surface area contributed by atoms with Crippen LogP contribution in [0.3, 0.4) is 0 Å². The van der Waals surface area contributed by atoms with Crippen LogP contribution in [0.1, 0.15) is 64.8 Å². The molecule has 0 fully saturated rings. The van der Waals surface area contributed by atoms with E-state index in [0.717, 1.165) is 24.3 Å². The molecule has 0 spiro atoms. The van der Waals surface area contributed by atoms with E-state index < -0.39 is 64.3 Å². The first kappa shape index (κ1) is 32.1. The van der Waals surface area contributed by atoms with Crippen LogP contribution in [0.2, 0.25) is 0 Å². The summed E-state index contributed by atoms with van der Waals surface area (Å²) in [5.74, 6) is -3.32. The Bertz CT molecular complexity index is 1010. The van der Waals surface area contributed by atoms with Crippen molar-refractivity contribution in [3.8, 4) is 0 Å². The second kappa shape index (κ2) is 13.6. The summed E-state index contributed by atoms with van der Waals surface area (Å²) < 4.78 is 64.1. The van der Waals surface area contributed by atoms with E-state index in [-0.39, 0.29) is 11.8 Å². The fourth-order valence-corrected chi connectivity index (χ4v) is 2.91. The minimum atomic E-state index is -1.43. The zero-order valence-electron chi connectivity index (χ0n) is 22.0. The Morgan fingerprint density at radius 1 is 0.737 bits per heavy atom. The second-order valence-corrected chi connectivity index (χ2v) is 9.89. The molecule has 0 aliphatic heterocycles. The summed E-state index contributed by atoms with van der Waals surface area (Å²) in [5.41, 5.74) is -2.23. The van der Waals surface area contributed by atoms with Gasteiger partial charge in [-0.2, -0.15) is 0 Å². The fourth-order valence-electron chi connectivity index (χ4n) is 2.91. The quantitative estimate of drug-likeness (QED) is 0.250. The molecule has 0 bridgehead atoms. The van der Waals surface area contributed by atoms with Crippen LogP contribution in [-0.4, -0.2) is 29.7 Å². The van der Waals surface area contributed by atoms with Crippen LogP contribution in [0.5, 0.6) is 0 Å². The van der Waals surface area contributed by atoms with Crippen molar-refractivity contribution in [3.05, 3.63) is 83.4 Å². The molecule has 0 saturated carbocycles. The maximum atomic E-state index is 13.6. The number of benzene rings is 2. The van der Waals surface area contributed by atoms with Gasteiger partial charge in [0.2, 0.25) is 0 Å². The van der Waals surface area contributed by atoms with Gasteiger partial charge in [0.25, 0.3) is 0 Å². The molecule has 7 nitrogen and oxygen atoms in total. The highest BCUT2D eigenvalue weighted by molar-refractivity contribution is 5.74. The Balaban J connectivity index is 0.000000380. The van der Waals surface area contributed by atoms with Crippen molar-refractivity contribution in [3.63, 3.8) is 0 Å². The molecule has 208 valence electrons. The van der Waals surface area contributed by atoms with E-state index in [0.29, 0.717) is 0 Å². The zero-order valence-corrected chi connectivity index (χ0v) is 22.0. The topological polar surface area (TPSA) is 93.7 Å². The van der Waals surface area contributed by atoms with Crippen LogP contribution < -0.4 is 10.6 Å². The monoisotopic (exact) mass is 540 g/mol. The lowest BCUT2D eigenvalue weighted by Gasteiger charge is -2.22. The smallest absolute Gasteiger partial charge is 0.408 e. The lowest BCUT2D eigenvalue weighted by molar-refractivity contribution is -0.109. The fraction of sp³-hybridized carbons (Fsp3) is 0.370. The average molecular weight is 541 g/mol. The molecule has 38 heavy (non-hydrogen) atoms. The number of hydrogen-bond donors (Lipinski definition) is 2. The van der Waals surface area contributed by atoms with Crippen molar-refractivity contribution in [1.82, 2.24) is 10.6 Å². The Morgan fingerprint density at radius 2 is 1.05 bits per heavy atom. The number of ether oxygens (including phenoxy) is 2. The molecule has 11 heteroatoms. The predicted octanol–water partition coefficient (Wildman–Crippen LogP) is 6.45. The highest BCUT2D eigenvalue weighted by Crippen LogP contribution is 2.22. The van der Waals surface area contributed by atoms with Gasteiger partial charge in [-0.05, 0) is 65.8 Å². The lowest BCUT2D eigenvalue weighted by atomic mass is 10.1. The first-order chi connectivity index (χ1) is 17.5. The van der Waals surface area contributed by atoms with E-state index in [9.17, 15) is 31.9 Å². The SMILES string of the molecule is C=C[C@@H](NC(=O)OC(C)(C)C)c1c(F)cccc1F.CC(C)(C)OC(=O)N[C@H](C=O)c1c(F)cccc1F. The molecule has 2 atom stereocenters. The summed E-state index contributed by atoms with van der Waals surface area (Å²) in [4.78, 5) is 34.0. The standard InChI is InChI=1S/C14H17F2NO2.C13H15F2NO3/c1-5-11(17-13(18)19-14(2,3)4)12-9(15)7-6-8-10(12)16;1-13(2,3)19-12(18)16-10(7-17)11-8(14)5-4-6-9(11)15/h5-8,11H,1H2,2-4H3,(H,17,18);4-7,10H,1-3H3,(H,16,18)/t11-;10-/m11/s1. The van der Waals surface area contributed by atoms with Crippen LogP contribution in [0, 0.1) is 23.3 Å². The molecular weight excluding hydrogens is 508 g/mol. The highest BCUT2D eigenvalue weighted by atomic mass is 19.1. The van der Waals surface area contributed by atoms with Gasteiger partial charge in [-0.15, -0.1) is 6.58 Å². The van der Waals surface area contributed by atoms with E-state index in [1.165, 1.54) is 18.2 Å². The normalized spacial score (nSPS) is 12.7. The minimum absolute atomic E-state index is 0.241. The number of carbonyl (C=O) groups excluding carboxylic acids is 3. The van der Waals surface area contributed by atoms with Gasteiger partial charge >= 0.3 is 12.2 Å². The third-order valence-corrected chi connectivity index (χ3v) is 4.34. The number of alkyl carbamates (subject to hydrolysis) is 2. The predicted molar refractivity (Wildman–Crippen MR) is 133 cm³/mol. The zero-order chi connectivity index (χ0) is 29.3. The summed E-state index contributed by atoms with van der Waals surface area (Å²) >= 11 is 0. The highest BCUT2D eigenvalue weighted by Gasteiger charge is 2.25. The molecular formula is C27H32F4N2O5. The van der Waals surface area contributed by atoms with Crippen molar-refractivity contribution in [2.24, 2.45) is 0 Å². The third kappa shape index (κ3) is 10.6. The van der Waals surface area contributed by atoms with Gasteiger partial charge < -0.3 is 24.9 Å². The molecule has 2 aromatic rings. The molecule has 0 saturated heterocycles. The maximum Gasteiger partial charge on any atom is 0.408 e. The number of hydrogen-bond acceptors (Lipinski definition) is 5. The lowest BCUT2D eigenvalue weighted by Crippen LogP contribution is -2.36. The van der Waals surface area contributed by atoms with Gasteiger partial charge in [0.05, 0.1) is 11.6 Å². The summed E-state index contributed by atoms with van der Waals surface area (Å²) in [6, 6.07) is 4.24. The maximum absolute atomic E-state index is 13.6. The van der Waals surface area contributed by atoms with Crippen LogP contribution >= 0.6 is 0 Å². The van der Waals surface area contributed by atoms with Crippen LogP contribution in [0.15, 0.2) is 49.1 Å². The number of aldehydes is 1. The van der Waals surface area contributed by atoms with Gasteiger partial charge in [-0.3, -0.25) is 0 Å². The largest absolute Gasteiger partial charge is 0.444 e. The van der Waals surface area contributed by atoms with Gasteiger partial charge in [0.1, 0.15) is 46.8 Å².